The maximum absolute atomic E-state index is 7.31. The summed E-state index contributed by atoms with van der Waals surface area (Å²) in [5.41, 5.74) is 5.15. The number of ether oxygens (including phenoxy) is 1. The summed E-state index contributed by atoms with van der Waals surface area (Å²) in [7, 11) is 0.798. The Labute approximate surface area is 96.6 Å². The largest absolute Gasteiger partial charge is 0.501 e. The van der Waals surface area contributed by atoms with Crippen LogP contribution in [0.15, 0.2) is 11.4 Å². The number of allylic oxidation sites excluding steroid dienone is 1. The van der Waals surface area contributed by atoms with Crippen LogP contribution >= 0.6 is 0 Å². The van der Waals surface area contributed by atoms with Crippen LogP contribution in [0.4, 0.5) is 0 Å². The van der Waals surface area contributed by atoms with E-state index in [9.17, 15) is 0 Å². The van der Waals surface area contributed by atoms with Gasteiger partial charge in [-0.1, -0.05) is 0 Å². The SMILES string of the molecule is COC(N)=C(C=N)B1OC(C)(C)C(C)(C)O1. The molecule has 0 unspecified atom stereocenters. The standard InChI is InChI=1S/C10H19BN2O3/c1-9(2)10(3,4)16-11(15-9)7(6-12)8(13)14-5/h6,12H,13H2,1-5H3. The minimum Gasteiger partial charge on any atom is -0.483 e. The first-order chi connectivity index (χ1) is 7.25. The van der Waals surface area contributed by atoms with Gasteiger partial charge in [-0.15, -0.1) is 0 Å². The van der Waals surface area contributed by atoms with Gasteiger partial charge in [0.15, 0.2) is 5.88 Å². The van der Waals surface area contributed by atoms with Crippen molar-refractivity contribution in [3.8, 4) is 0 Å². The maximum Gasteiger partial charge on any atom is 0.501 e. The van der Waals surface area contributed by atoms with E-state index in [1.165, 1.54) is 7.11 Å². The highest BCUT2D eigenvalue weighted by molar-refractivity contribution is 6.60. The second-order valence-electron chi connectivity index (χ2n) is 4.76. The fourth-order valence-electron chi connectivity index (χ4n) is 1.34. The Bertz CT molecular complexity index is 310. The highest BCUT2D eigenvalue weighted by atomic mass is 16.7. The molecule has 6 heteroatoms. The number of hydrogen-bond acceptors (Lipinski definition) is 5. The van der Waals surface area contributed by atoms with E-state index < -0.39 is 18.3 Å². The predicted molar refractivity (Wildman–Crippen MR) is 63.1 cm³/mol. The molecule has 90 valence electrons. The summed E-state index contributed by atoms with van der Waals surface area (Å²) < 4.78 is 16.4. The molecule has 3 N–H and O–H groups in total. The third-order valence-electron chi connectivity index (χ3n) is 3.17. The first-order valence-electron chi connectivity index (χ1n) is 5.15. The van der Waals surface area contributed by atoms with E-state index in [1.807, 2.05) is 27.7 Å². The summed E-state index contributed by atoms with van der Waals surface area (Å²) in [4.78, 5) is 0. The van der Waals surface area contributed by atoms with Crippen LogP contribution < -0.4 is 5.73 Å². The monoisotopic (exact) mass is 226 g/mol. The number of rotatable bonds is 3. The van der Waals surface area contributed by atoms with Crippen LogP contribution in [0.25, 0.3) is 0 Å². The van der Waals surface area contributed by atoms with Gasteiger partial charge < -0.3 is 25.2 Å². The molecule has 0 atom stereocenters. The molecule has 0 aromatic heterocycles. The predicted octanol–water partition coefficient (Wildman–Crippen LogP) is 1.08. The van der Waals surface area contributed by atoms with Crippen molar-refractivity contribution >= 4 is 13.3 Å². The van der Waals surface area contributed by atoms with Crippen LogP contribution in [-0.4, -0.2) is 31.6 Å². The van der Waals surface area contributed by atoms with Crippen molar-refractivity contribution in [3.63, 3.8) is 0 Å². The lowest BCUT2D eigenvalue weighted by Crippen LogP contribution is -2.41. The summed E-state index contributed by atoms with van der Waals surface area (Å²) in [6.07, 6.45) is 1.10. The Hall–Kier alpha value is -1.01. The molecule has 1 fully saturated rings. The van der Waals surface area contributed by atoms with E-state index in [1.54, 1.807) is 0 Å². The molecule has 1 heterocycles. The molecule has 0 amide bonds. The van der Waals surface area contributed by atoms with Gasteiger partial charge in [-0.3, -0.25) is 0 Å². The summed E-state index contributed by atoms with van der Waals surface area (Å²) in [6, 6.07) is 0. The lowest BCUT2D eigenvalue weighted by atomic mass is 9.79. The normalized spacial score (nSPS) is 23.9. The molecule has 0 radical (unpaired) electrons. The van der Waals surface area contributed by atoms with Crippen molar-refractivity contribution < 1.29 is 14.0 Å². The van der Waals surface area contributed by atoms with Crippen molar-refractivity contribution in [1.29, 1.82) is 5.41 Å². The van der Waals surface area contributed by atoms with E-state index in [0.29, 0.717) is 5.47 Å². The average molecular weight is 226 g/mol. The number of nitrogens with one attached hydrogen (secondary N) is 1. The minimum absolute atomic E-state index is 0.147. The van der Waals surface area contributed by atoms with Crippen LogP contribution in [0.1, 0.15) is 27.7 Å². The topological polar surface area (TPSA) is 77.6 Å². The maximum atomic E-state index is 7.31. The molecule has 1 saturated heterocycles. The smallest absolute Gasteiger partial charge is 0.483 e. The van der Waals surface area contributed by atoms with Crippen molar-refractivity contribution in [3.05, 3.63) is 11.4 Å². The van der Waals surface area contributed by atoms with E-state index in [-0.39, 0.29) is 5.88 Å². The van der Waals surface area contributed by atoms with Crippen molar-refractivity contribution in [2.75, 3.05) is 7.11 Å². The molecular formula is C10H19BN2O3. The lowest BCUT2D eigenvalue weighted by molar-refractivity contribution is 0.00578. The molecule has 1 rings (SSSR count). The van der Waals surface area contributed by atoms with E-state index in [4.69, 9.17) is 25.2 Å². The van der Waals surface area contributed by atoms with E-state index in [0.717, 1.165) is 6.21 Å². The molecule has 16 heavy (non-hydrogen) atoms. The van der Waals surface area contributed by atoms with Crippen LogP contribution in [0.3, 0.4) is 0 Å². The molecule has 1 aliphatic heterocycles. The third kappa shape index (κ3) is 2.08. The zero-order valence-corrected chi connectivity index (χ0v) is 10.5. The quantitative estimate of drug-likeness (QED) is 0.429. The second-order valence-corrected chi connectivity index (χ2v) is 4.76. The third-order valence-corrected chi connectivity index (χ3v) is 3.17. The van der Waals surface area contributed by atoms with Crippen LogP contribution in [0.5, 0.6) is 0 Å². The van der Waals surface area contributed by atoms with Gasteiger partial charge in [-0.2, -0.15) is 0 Å². The van der Waals surface area contributed by atoms with Crippen molar-refractivity contribution in [2.45, 2.75) is 38.9 Å². The second kappa shape index (κ2) is 4.10. The Morgan fingerprint density at radius 3 is 2.00 bits per heavy atom. The van der Waals surface area contributed by atoms with Gasteiger partial charge in [0.05, 0.1) is 23.8 Å². The number of methoxy groups -OCH3 is 1. The lowest BCUT2D eigenvalue weighted by Gasteiger charge is -2.32. The van der Waals surface area contributed by atoms with Gasteiger partial charge >= 0.3 is 7.12 Å². The Kier molecular flexibility index (Phi) is 3.35. The van der Waals surface area contributed by atoms with Crippen molar-refractivity contribution in [2.24, 2.45) is 5.73 Å². The summed E-state index contributed by atoms with van der Waals surface area (Å²) in [5.74, 6) is 0.147. The molecule has 0 aliphatic carbocycles. The van der Waals surface area contributed by atoms with Gasteiger partial charge in [0.25, 0.3) is 0 Å². The number of hydrogen-bond donors (Lipinski definition) is 2. The average Bonchev–Trinajstić information content (AvgIpc) is 2.36. The molecule has 0 bridgehead atoms. The van der Waals surface area contributed by atoms with Crippen LogP contribution in [-0.2, 0) is 14.0 Å². The first-order valence-corrected chi connectivity index (χ1v) is 5.15. The zero-order chi connectivity index (χ0) is 12.6. The molecule has 0 spiro atoms. The van der Waals surface area contributed by atoms with Gasteiger partial charge in [-0.05, 0) is 27.7 Å². The van der Waals surface area contributed by atoms with Gasteiger partial charge in [0.2, 0.25) is 0 Å². The fourth-order valence-corrected chi connectivity index (χ4v) is 1.34. The van der Waals surface area contributed by atoms with Gasteiger partial charge in [0, 0.05) is 6.21 Å². The molecular weight excluding hydrogens is 207 g/mol. The number of nitrogens with two attached hydrogens (primary N) is 1. The molecule has 1 aliphatic rings. The summed E-state index contributed by atoms with van der Waals surface area (Å²) in [5, 5.41) is 7.31. The molecule has 0 aromatic rings. The van der Waals surface area contributed by atoms with Gasteiger partial charge in [0.1, 0.15) is 0 Å². The minimum atomic E-state index is -0.651. The van der Waals surface area contributed by atoms with Crippen molar-refractivity contribution in [1.82, 2.24) is 0 Å². The summed E-state index contributed by atoms with van der Waals surface area (Å²) >= 11 is 0. The van der Waals surface area contributed by atoms with E-state index in [2.05, 4.69) is 0 Å². The highest BCUT2D eigenvalue weighted by Gasteiger charge is 2.52. The molecule has 0 aromatic carbocycles. The molecule has 5 nitrogen and oxygen atoms in total. The fraction of sp³-hybridized carbons (Fsp3) is 0.700. The highest BCUT2D eigenvalue weighted by Crippen LogP contribution is 2.38. The van der Waals surface area contributed by atoms with Crippen LogP contribution in [0, 0.1) is 5.41 Å². The Morgan fingerprint density at radius 2 is 1.69 bits per heavy atom. The Balaban J connectivity index is 2.99. The first kappa shape index (κ1) is 13.1. The zero-order valence-electron chi connectivity index (χ0n) is 10.5. The summed E-state index contributed by atoms with van der Waals surface area (Å²) in [6.45, 7) is 7.77. The van der Waals surface area contributed by atoms with Gasteiger partial charge in [-0.25, -0.2) is 0 Å². The molecule has 0 saturated carbocycles. The Morgan fingerprint density at radius 1 is 1.25 bits per heavy atom. The van der Waals surface area contributed by atoms with Crippen LogP contribution in [0.2, 0.25) is 0 Å². The van der Waals surface area contributed by atoms with E-state index >= 15 is 0 Å².